The van der Waals surface area contributed by atoms with Crippen LogP contribution in [0.4, 0.5) is 0 Å². The topological polar surface area (TPSA) is 65.5 Å². The van der Waals surface area contributed by atoms with Gasteiger partial charge >= 0.3 is 5.63 Å². The minimum Gasteiger partial charge on any atom is -0.493 e. The minimum absolute atomic E-state index is 0. The van der Waals surface area contributed by atoms with E-state index < -0.39 is 0 Å². The lowest BCUT2D eigenvalue weighted by Gasteiger charge is -2.08. The van der Waals surface area contributed by atoms with E-state index in [1.54, 1.807) is 13.0 Å². The van der Waals surface area contributed by atoms with Crippen LogP contribution in [0.3, 0.4) is 0 Å². The number of benzene rings is 1. The van der Waals surface area contributed by atoms with Crippen LogP contribution >= 0.6 is 12.4 Å². The molecule has 0 amide bonds. The Morgan fingerprint density at radius 2 is 1.95 bits per heavy atom. The molecule has 2 rings (SSSR count). The number of halogens is 1. The van der Waals surface area contributed by atoms with Gasteiger partial charge in [-0.25, -0.2) is 4.79 Å². The Kier molecular flexibility index (Phi) is 6.05. The van der Waals surface area contributed by atoms with Crippen molar-refractivity contribution < 1.29 is 9.15 Å². The van der Waals surface area contributed by atoms with Crippen LogP contribution in [0.2, 0.25) is 0 Å². The number of fused-ring (bicyclic) bond motifs is 1. The van der Waals surface area contributed by atoms with Gasteiger partial charge in [0.05, 0.1) is 6.61 Å². The van der Waals surface area contributed by atoms with E-state index in [1.807, 2.05) is 19.1 Å². The van der Waals surface area contributed by atoms with Crippen molar-refractivity contribution in [3.8, 4) is 5.75 Å². The highest BCUT2D eigenvalue weighted by atomic mass is 35.5. The Hall–Kier alpha value is -1.52. The summed E-state index contributed by atoms with van der Waals surface area (Å²) in [6.07, 6.45) is 1.87. The molecule has 0 atom stereocenters. The predicted molar refractivity (Wildman–Crippen MR) is 83.0 cm³/mol. The number of ether oxygens (including phenoxy) is 1. The zero-order valence-corrected chi connectivity index (χ0v) is 12.6. The van der Waals surface area contributed by atoms with Gasteiger partial charge in [-0.3, -0.25) is 0 Å². The maximum atomic E-state index is 11.6. The second-order valence-corrected chi connectivity index (χ2v) is 4.64. The second kappa shape index (κ2) is 7.31. The van der Waals surface area contributed by atoms with Gasteiger partial charge in [-0.15, -0.1) is 12.4 Å². The first-order valence-electron chi connectivity index (χ1n) is 6.50. The van der Waals surface area contributed by atoms with Gasteiger partial charge in [0.15, 0.2) is 0 Å². The van der Waals surface area contributed by atoms with Gasteiger partial charge in [0.25, 0.3) is 0 Å². The maximum absolute atomic E-state index is 11.6. The van der Waals surface area contributed by atoms with E-state index in [0.717, 1.165) is 29.5 Å². The molecule has 0 saturated heterocycles. The lowest BCUT2D eigenvalue weighted by Crippen LogP contribution is -2.06. The third-order valence-electron chi connectivity index (χ3n) is 3.30. The molecule has 5 heteroatoms. The number of unbranched alkanes of at least 4 members (excludes halogenated alkanes) is 1. The van der Waals surface area contributed by atoms with Crippen LogP contribution in [0.1, 0.15) is 24.0 Å². The van der Waals surface area contributed by atoms with Crippen LogP contribution in [-0.4, -0.2) is 13.2 Å². The van der Waals surface area contributed by atoms with E-state index in [1.165, 1.54) is 0 Å². The van der Waals surface area contributed by atoms with E-state index in [4.69, 9.17) is 14.9 Å². The van der Waals surface area contributed by atoms with Crippen molar-refractivity contribution >= 4 is 23.4 Å². The van der Waals surface area contributed by atoms with Crippen LogP contribution in [-0.2, 0) is 0 Å². The molecule has 0 aliphatic heterocycles. The molecule has 0 aliphatic carbocycles. The van der Waals surface area contributed by atoms with E-state index >= 15 is 0 Å². The van der Waals surface area contributed by atoms with E-state index in [0.29, 0.717) is 24.3 Å². The highest BCUT2D eigenvalue weighted by Gasteiger charge is 2.08. The second-order valence-electron chi connectivity index (χ2n) is 4.64. The monoisotopic (exact) mass is 297 g/mol. The lowest BCUT2D eigenvalue weighted by molar-refractivity contribution is 0.307. The van der Waals surface area contributed by atoms with E-state index in [-0.39, 0.29) is 18.0 Å². The Labute approximate surface area is 124 Å². The Morgan fingerprint density at radius 1 is 1.20 bits per heavy atom. The molecule has 2 aromatic rings. The first-order valence-corrected chi connectivity index (χ1v) is 6.50. The van der Waals surface area contributed by atoms with Crippen LogP contribution < -0.4 is 16.1 Å². The molecule has 0 saturated carbocycles. The fourth-order valence-corrected chi connectivity index (χ4v) is 1.95. The van der Waals surface area contributed by atoms with Crippen LogP contribution in [0, 0.1) is 13.8 Å². The molecule has 0 fully saturated rings. The van der Waals surface area contributed by atoms with E-state index in [9.17, 15) is 4.79 Å². The predicted octanol–water partition coefficient (Wildman–Crippen LogP) is 2.95. The smallest absolute Gasteiger partial charge is 0.339 e. The molecule has 1 aromatic heterocycles. The summed E-state index contributed by atoms with van der Waals surface area (Å²) in [6, 6.07) is 5.60. The molecule has 0 radical (unpaired) electrons. The summed E-state index contributed by atoms with van der Waals surface area (Å²) in [4.78, 5) is 11.6. The molecule has 0 bridgehead atoms. The van der Waals surface area contributed by atoms with Gasteiger partial charge in [-0.2, -0.15) is 0 Å². The standard InChI is InChI=1S/C15H19NO3.ClH/c1-10-11(2)15(17)19-14-9-12(5-6-13(10)14)18-8-4-3-7-16;/h5-6,9H,3-4,7-8,16H2,1-2H3;1H. The number of aryl methyl sites for hydroxylation is 1. The van der Waals surface area contributed by atoms with Gasteiger partial charge in [-0.05, 0) is 50.9 Å². The zero-order chi connectivity index (χ0) is 13.8. The molecule has 2 N–H and O–H groups in total. The Balaban J connectivity index is 0.00000200. The first-order chi connectivity index (χ1) is 9.13. The minimum atomic E-state index is -0.287. The summed E-state index contributed by atoms with van der Waals surface area (Å²) in [5.41, 5.74) is 7.33. The third-order valence-corrected chi connectivity index (χ3v) is 3.30. The molecule has 1 heterocycles. The van der Waals surface area contributed by atoms with Gasteiger partial charge < -0.3 is 14.9 Å². The SMILES string of the molecule is Cc1c(C)c2ccc(OCCCCN)cc2oc1=O.Cl. The molecule has 0 unspecified atom stereocenters. The average Bonchev–Trinajstić information content (AvgIpc) is 2.41. The fraction of sp³-hybridized carbons (Fsp3) is 0.400. The van der Waals surface area contributed by atoms with Crippen molar-refractivity contribution in [1.82, 2.24) is 0 Å². The van der Waals surface area contributed by atoms with Crippen molar-refractivity contribution in [1.29, 1.82) is 0 Å². The largest absolute Gasteiger partial charge is 0.493 e. The average molecular weight is 298 g/mol. The summed E-state index contributed by atoms with van der Waals surface area (Å²) in [6.45, 7) is 5.00. The molecule has 1 aromatic carbocycles. The summed E-state index contributed by atoms with van der Waals surface area (Å²) in [7, 11) is 0. The first kappa shape index (κ1) is 16.5. The highest BCUT2D eigenvalue weighted by molar-refractivity contribution is 5.85. The van der Waals surface area contributed by atoms with Gasteiger partial charge in [0, 0.05) is 17.0 Å². The van der Waals surface area contributed by atoms with Crippen molar-refractivity contribution in [2.45, 2.75) is 26.7 Å². The Morgan fingerprint density at radius 3 is 2.65 bits per heavy atom. The highest BCUT2D eigenvalue weighted by Crippen LogP contribution is 2.23. The number of hydrogen-bond donors (Lipinski definition) is 1. The van der Waals surface area contributed by atoms with Gasteiger partial charge in [0.2, 0.25) is 0 Å². The normalized spacial score (nSPS) is 10.3. The van der Waals surface area contributed by atoms with Crippen molar-refractivity contribution in [3.05, 3.63) is 39.7 Å². The molecule has 0 spiro atoms. The van der Waals surface area contributed by atoms with Crippen molar-refractivity contribution in [2.75, 3.05) is 13.2 Å². The quantitative estimate of drug-likeness (QED) is 0.680. The van der Waals surface area contributed by atoms with Crippen LogP contribution in [0.25, 0.3) is 11.0 Å². The van der Waals surface area contributed by atoms with E-state index in [2.05, 4.69) is 0 Å². The summed E-state index contributed by atoms with van der Waals surface area (Å²) in [5.74, 6) is 0.718. The number of rotatable bonds is 5. The fourth-order valence-electron chi connectivity index (χ4n) is 1.95. The number of nitrogens with two attached hydrogens (primary N) is 1. The van der Waals surface area contributed by atoms with Gasteiger partial charge in [0.1, 0.15) is 11.3 Å². The molecule has 20 heavy (non-hydrogen) atoms. The van der Waals surface area contributed by atoms with Crippen LogP contribution in [0.5, 0.6) is 5.75 Å². The molecule has 110 valence electrons. The summed E-state index contributed by atoms with van der Waals surface area (Å²) < 4.78 is 10.9. The summed E-state index contributed by atoms with van der Waals surface area (Å²) in [5, 5.41) is 0.950. The molecule has 4 nitrogen and oxygen atoms in total. The summed E-state index contributed by atoms with van der Waals surface area (Å²) >= 11 is 0. The molecular weight excluding hydrogens is 278 g/mol. The van der Waals surface area contributed by atoms with Crippen LogP contribution in [0.15, 0.2) is 27.4 Å². The zero-order valence-electron chi connectivity index (χ0n) is 11.8. The van der Waals surface area contributed by atoms with Crippen molar-refractivity contribution in [3.63, 3.8) is 0 Å². The van der Waals surface area contributed by atoms with Gasteiger partial charge in [-0.1, -0.05) is 0 Å². The third kappa shape index (κ3) is 3.52. The maximum Gasteiger partial charge on any atom is 0.339 e. The van der Waals surface area contributed by atoms with Crippen molar-refractivity contribution in [2.24, 2.45) is 5.73 Å². The number of hydrogen-bond acceptors (Lipinski definition) is 4. The lowest BCUT2D eigenvalue weighted by atomic mass is 10.1. The molecular formula is C15H20ClNO3. The molecule has 0 aliphatic rings. The Bertz CT molecular complexity index is 637.